The van der Waals surface area contributed by atoms with Crippen molar-refractivity contribution in [2.75, 3.05) is 0 Å². The number of phenols is 1. The van der Waals surface area contributed by atoms with Crippen LogP contribution in [0.3, 0.4) is 0 Å². The van der Waals surface area contributed by atoms with Gasteiger partial charge in [-0.3, -0.25) is 0 Å². The molecular weight excluding hydrogens is 205 g/mol. The first kappa shape index (κ1) is 11.4. The maximum absolute atomic E-state index is 13.6. The highest BCUT2D eigenvalue weighted by molar-refractivity contribution is 5.42. The quantitative estimate of drug-likeness (QED) is 0.768. The summed E-state index contributed by atoms with van der Waals surface area (Å²) in [5.41, 5.74) is 6.75. The number of nitrogens with two attached hydrogens (primary N) is 1. The van der Waals surface area contributed by atoms with Gasteiger partial charge in [0.05, 0.1) is 0 Å². The maximum atomic E-state index is 13.6. The first-order valence-electron chi connectivity index (χ1n) is 5.82. The lowest BCUT2D eigenvalue weighted by molar-refractivity contribution is 0.288. The lowest BCUT2D eigenvalue weighted by Gasteiger charge is -2.34. The van der Waals surface area contributed by atoms with Gasteiger partial charge in [-0.25, -0.2) is 4.39 Å². The fraction of sp³-hybridized carbons (Fsp3) is 0.538. The highest BCUT2D eigenvalue weighted by atomic mass is 19.1. The third kappa shape index (κ3) is 1.80. The summed E-state index contributed by atoms with van der Waals surface area (Å²) in [5.74, 6) is -0.794. The summed E-state index contributed by atoms with van der Waals surface area (Å²) in [4.78, 5) is 0. The summed E-state index contributed by atoms with van der Waals surface area (Å²) in [6.07, 6.45) is 4.91. The SMILES string of the molecule is Cc1ccc(C2(N)CCCCC2)c(O)c1F. The second-order valence-electron chi connectivity index (χ2n) is 4.81. The number of hydrogen-bond acceptors (Lipinski definition) is 2. The van der Waals surface area contributed by atoms with Crippen LogP contribution in [0.15, 0.2) is 12.1 Å². The molecule has 2 nitrogen and oxygen atoms in total. The van der Waals surface area contributed by atoms with Gasteiger partial charge >= 0.3 is 0 Å². The summed E-state index contributed by atoms with van der Waals surface area (Å²) in [6, 6.07) is 3.45. The fourth-order valence-corrected chi connectivity index (χ4v) is 2.52. The van der Waals surface area contributed by atoms with E-state index >= 15 is 0 Å². The van der Waals surface area contributed by atoms with Crippen LogP contribution >= 0.6 is 0 Å². The predicted molar refractivity (Wildman–Crippen MR) is 61.8 cm³/mol. The van der Waals surface area contributed by atoms with Gasteiger partial charge in [-0.2, -0.15) is 0 Å². The largest absolute Gasteiger partial charge is 0.505 e. The summed E-state index contributed by atoms with van der Waals surface area (Å²) >= 11 is 0. The average molecular weight is 223 g/mol. The van der Waals surface area contributed by atoms with Crippen molar-refractivity contribution < 1.29 is 9.50 Å². The first-order chi connectivity index (χ1) is 7.54. The minimum Gasteiger partial charge on any atom is -0.505 e. The van der Waals surface area contributed by atoms with Crippen molar-refractivity contribution in [2.45, 2.75) is 44.6 Å². The minimum absolute atomic E-state index is 0.260. The van der Waals surface area contributed by atoms with Crippen LogP contribution in [0.4, 0.5) is 4.39 Å². The standard InChI is InChI=1S/C13H18FNO/c1-9-5-6-10(12(16)11(9)14)13(15)7-3-2-4-8-13/h5-6,16H,2-4,7-8,15H2,1H3. The van der Waals surface area contributed by atoms with E-state index in [9.17, 15) is 9.50 Å². The first-order valence-corrected chi connectivity index (χ1v) is 5.82. The molecule has 1 aliphatic carbocycles. The van der Waals surface area contributed by atoms with Gasteiger partial charge in [0.2, 0.25) is 0 Å². The molecule has 16 heavy (non-hydrogen) atoms. The topological polar surface area (TPSA) is 46.2 Å². The third-order valence-electron chi connectivity index (χ3n) is 3.59. The minimum atomic E-state index is -0.545. The lowest BCUT2D eigenvalue weighted by atomic mass is 9.77. The summed E-state index contributed by atoms with van der Waals surface area (Å²) in [5, 5.41) is 9.84. The van der Waals surface area contributed by atoms with Gasteiger partial charge in [0.25, 0.3) is 0 Å². The number of phenolic OH excluding ortho intramolecular Hbond substituents is 1. The zero-order valence-corrected chi connectivity index (χ0v) is 9.59. The molecule has 0 atom stereocenters. The van der Waals surface area contributed by atoms with E-state index < -0.39 is 11.4 Å². The molecule has 1 saturated carbocycles. The molecule has 1 aliphatic rings. The Morgan fingerprint density at radius 2 is 1.88 bits per heavy atom. The van der Waals surface area contributed by atoms with Crippen LogP contribution in [0.2, 0.25) is 0 Å². The molecule has 1 aromatic carbocycles. The molecule has 0 heterocycles. The predicted octanol–water partition coefficient (Wildman–Crippen LogP) is 2.96. The summed E-state index contributed by atoms with van der Waals surface area (Å²) in [6.45, 7) is 1.64. The van der Waals surface area contributed by atoms with E-state index in [1.807, 2.05) is 0 Å². The van der Waals surface area contributed by atoms with Crippen LogP contribution < -0.4 is 5.73 Å². The molecule has 1 fully saturated rings. The number of hydrogen-bond donors (Lipinski definition) is 2. The zero-order valence-electron chi connectivity index (χ0n) is 9.59. The molecule has 0 radical (unpaired) electrons. The average Bonchev–Trinajstić information content (AvgIpc) is 2.27. The Balaban J connectivity index is 2.43. The van der Waals surface area contributed by atoms with Gasteiger partial charge in [0.1, 0.15) is 0 Å². The smallest absolute Gasteiger partial charge is 0.168 e. The van der Waals surface area contributed by atoms with E-state index in [1.165, 1.54) is 6.42 Å². The number of aryl methyl sites for hydroxylation is 1. The highest BCUT2D eigenvalue weighted by Gasteiger charge is 2.32. The van der Waals surface area contributed by atoms with E-state index in [0.717, 1.165) is 25.7 Å². The van der Waals surface area contributed by atoms with Crippen molar-refractivity contribution in [1.82, 2.24) is 0 Å². The molecule has 0 bridgehead atoms. The van der Waals surface area contributed by atoms with Crippen LogP contribution in [-0.4, -0.2) is 5.11 Å². The molecule has 0 saturated heterocycles. The van der Waals surface area contributed by atoms with Crippen LogP contribution in [0, 0.1) is 12.7 Å². The van der Waals surface area contributed by atoms with Crippen molar-refractivity contribution >= 4 is 0 Å². The number of rotatable bonds is 1. The third-order valence-corrected chi connectivity index (χ3v) is 3.59. The Bertz CT molecular complexity index is 397. The molecule has 0 aromatic heterocycles. The second-order valence-corrected chi connectivity index (χ2v) is 4.81. The Morgan fingerprint density at radius 1 is 1.25 bits per heavy atom. The normalized spacial score (nSPS) is 19.7. The molecule has 0 amide bonds. The monoisotopic (exact) mass is 223 g/mol. The van der Waals surface area contributed by atoms with Gasteiger partial charge in [0.15, 0.2) is 11.6 Å². The summed E-state index contributed by atoms with van der Waals surface area (Å²) in [7, 11) is 0. The zero-order chi connectivity index (χ0) is 11.8. The molecule has 2 rings (SSSR count). The number of halogens is 1. The van der Waals surface area contributed by atoms with Gasteiger partial charge in [-0.15, -0.1) is 0 Å². The van der Waals surface area contributed by atoms with Crippen molar-refractivity contribution in [3.8, 4) is 5.75 Å². The Morgan fingerprint density at radius 3 is 2.50 bits per heavy atom. The molecule has 0 spiro atoms. The second kappa shape index (κ2) is 4.06. The number of aromatic hydroxyl groups is 1. The fourth-order valence-electron chi connectivity index (χ4n) is 2.52. The number of benzene rings is 1. The molecule has 3 heteroatoms. The van der Waals surface area contributed by atoms with Crippen LogP contribution in [-0.2, 0) is 5.54 Å². The summed E-state index contributed by atoms with van der Waals surface area (Å²) < 4.78 is 13.6. The van der Waals surface area contributed by atoms with E-state index in [-0.39, 0.29) is 5.75 Å². The van der Waals surface area contributed by atoms with E-state index in [4.69, 9.17) is 5.73 Å². The van der Waals surface area contributed by atoms with Gasteiger partial charge < -0.3 is 10.8 Å². The molecular formula is C13H18FNO. The van der Waals surface area contributed by atoms with Crippen LogP contribution in [0.25, 0.3) is 0 Å². The molecule has 0 unspecified atom stereocenters. The highest BCUT2D eigenvalue weighted by Crippen LogP contribution is 2.40. The molecule has 3 N–H and O–H groups in total. The lowest BCUT2D eigenvalue weighted by Crippen LogP contribution is -2.38. The van der Waals surface area contributed by atoms with Crippen LogP contribution in [0.5, 0.6) is 5.75 Å². The molecule has 1 aromatic rings. The van der Waals surface area contributed by atoms with Crippen molar-refractivity contribution in [3.05, 3.63) is 29.1 Å². The van der Waals surface area contributed by atoms with Gasteiger partial charge in [-0.05, 0) is 25.3 Å². The van der Waals surface area contributed by atoms with E-state index in [1.54, 1.807) is 19.1 Å². The van der Waals surface area contributed by atoms with Gasteiger partial charge in [0, 0.05) is 11.1 Å². The van der Waals surface area contributed by atoms with E-state index in [2.05, 4.69) is 0 Å². The van der Waals surface area contributed by atoms with Crippen molar-refractivity contribution in [1.29, 1.82) is 0 Å². The Labute approximate surface area is 95.3 Å². The van der Waals surface area contributed by atoms with Crippen molar-refractivity contribution in [2.24, 2.45) is 5.73 Å². The van der Waals surface area contributed by atoms with Crippen molar-refractivity contribution in [3.63, 3.8) is 0 Å². The molecule has 88 valence electrons. The Kier molecular flexibility index (Phi) is 2.89. The maximum Gasteiger partial charge on any atom is 0.168 e. The Hall–Kier alpha value is -1.09. The van der Waals surface area contributed by atoms with E-state index in [0.29, 0.717) is 11.1 Å². The van der Waals surface area contributed by atoms with Gasteiger partial charge in [-0.1, -0.05) is 31.4 Å². The van der Waals surface area contributed by atoms with Crippen LogP contribution in [0.1, 0.15) is 43.2 Å². The molecule has 0 aliphatic heterocycles.